The Labute approximate surface area is 392 Å². The van der Waals surface area contributed by atoms with Crippen LogP contribution in [0, 0.1) is 0 Å². The first kappa shape index (κ1) is 61.1. The highest BCUT2D eigenvalue weighted by Gasteiger charge is 2.18. The number of allylic oxidation sites excluding steroid dienone is 5. The summed E-state index contributed by atoms with van der Waals surface area (Å²) in [6, 6.07) is -0.635. The fourth-order valence-corrected chi connectivity index (χ4v) is 8.33. The highest BCUT2D eigenvalue weighted by Crippen LogP contribution is 2.16. The van der Waals surface area contributed by atoms with Crippen molar-refractivity contribution in [1.82, 2.24) is 5.32 Å². The van der Waals surface area contributed by atoms with E-state index in [9.17, 15) is 19.8 Å². The predicted molar refractivity (Wildman–Crippen MR) is 273 cm³/mol. The molecule has 0 fully saturated rings. The van der Waals surface area contributed by atoms with Gasteiger partial charge in [0.15, 0.2) is 0 Å². The van der Waals surface area contributed by atoms with Gasteiger partial charge in [0, 0.05) is 12.8 Å². The molecule has 0 aromatic rings. The lowest BCUT2D eigenvalue weighted by Crippen LogP contribution is -2.45. The zero-order valence-electron chi connectivity index (χ0n) is 42.1. The molecule has 0 aliphatic rings. The summed E-state index contributed by atoms with van der Waals surface area (Å²) in [5.41, 5.74) is 0. The predicted octanol–water partition coefficient (Wildman–Crippen LogP) is 16.9. The van der Waals surface area contributed by atoms with E-state index in [1.165, 1.54) is 212 Å². The minimum atomic E-state index is -0.850. The summed E-state index contributed by atoms with van der Waals surface area (Å²) in [6.45, 7) is 4.86. The fourth-order valence-electron chi connectivity index (χ4n) is 8.33. The van der Waals surface area contributed by atoms with Crippen LogP contribution in [0.2, 0.25) is 0 Å². The zero-order valence-corrected chi connectivity index (χ0v) is 42.1. The van der Waals surface area contributed by atoms with Crippen molar-refractivity contribution in [3.8, 4) is 0 Å². The molecule has 0 aromatic carbocycles. The van der Waals surface area contributed by atoms with Crippen LogP contribution in [0.25, 0.3) is 0 Å². The van der Waals surface area contributed by atoms with Gasteiger partial charge in [0.2, 0.25) is 5.91 Å². The van der Waals surface area contributed by atoms with Crippen molar-refractivity contribution in [1.29, 1.82) is 0 Å². The normalized spacial score (nSPS) is 12.9. The van der Waals surface area contributed by atoms with Crippen molar-refractivity contribution in [3.63, 3.8) is 0 Å². The van der Waals surface area contributed by atoms with E-state index in [1.54, 1.807) is 6.08 Å². The van der Waals surface area contributed by atoms with Crippen LogP contribution in [0.5, 0.6) is 0 Å². The van der Waals surface area contributed by atoms with Crippen molar-refractivity contribution < 1.29 is 24.5 Å². The van der Waals surface area contributed by atoms with E-state index in [0.29, 0.717) is 19.4 Å². The SMILES string of the molecule is CCCCC/C=C\CCCCCCCC(=O)OCCCCCCCCCC/C=C\CCCCCCCCCC(=O)NC(CO)C(O)/C=C/CCCCCCCCCCCCCCC. The molecule has 63 heavy (non-hydrogen) atoms. The van der Waals surface area contributed by atoms with Gasteiger partial charge in [-0.05, 0) is 83.5 Å². The molecule has 1 amide bonds. The van der Waals surface area contributed by atoms with Crippen molar-refractivity contribution in [2.75, 3.05) is 13.2 Å². The maximum atomic E-state index is 12.4. The van der Waals surface area contributed by atoms with E-state index in [4.69, 9.17) is 4.74 Å². The van der Waals surface area contributed by atoms with Gasteiger partial charge in [-0.2, -0.15) is 0 Å². The van der Waals surface area contributed by atoms with Crippen molar-refractivity contribution in [2.45, 2.75) is 302 Å². The number of ether oxygens (including phenoxy) is 1. The second kappa shape index (κ2) is 52.7. The number of aliphatic hydroxyl groups is 2. The number of nitrogens with one attached hydrogen (secondary N) is 1. The van der Waals surface area contributed by atoms with Crippen LogP contribution in [0.4, 0.5) is 0 Å². The Morgan fingerprint density at radius 1 is 0.429 bits per heavy atom. The van der Waals surface area contributed by atoms with Gasteiger partial charge in [0.25, 0.3) is 0 Å². The van der Waals surface area contributed by atoms with E-state index in [-0.39, 0.29) is 18.5 Å². The van der Waals surface area contributed by atoms with Gasteiger partial charge in [-0.25, -0.2) is 0 Å². The monoisotopic (exact) mass is 886 g/mol. The van der Waals surface area contributed by atoms with Crippen LogP contribution >= 0.6 is 0 Å². The highest BCUT2D eigenvalue weighted by molar-refractivity contribution is 5.76. The van der Waals surface area contributed by atoms with Gasteiger partial charge in [-0.1, -0.05) is 230 Å². The van der Waals surface area contributed by atoms with Crippen LogP contribution in [-0.2, 0) is 14.3 Å². The molecule has 0 saturated heterocycles. The first-order valence-corrected chi connectivity index (χ1v) is 27.8. The van der Waals surface area contributed by atoms with Gasteiger partial charge < -0.3 is 20.3 Å². The summed E-state index contributed by atoms with van der Waals surface area (Å²) >= 11 is 0. The van der Waals surface area contributed by atoms with E-state index in [2.05, 4.69) is 43.5 Å². The maximum absolute atomic E-state index is 12.4. The van der Waals surface area contributed by atoms with Crippen molar-refractivity contribution in [2.24, 2.45) is 0 Å². The quantitative estimate of drug-likeness (QED) is 0.0321. The summed E-state index contributed by atoms with van der Waals surface area (Å²) in [4.78, 5) is 24.4. The van der Waals surface area contributed by atoms with Gasteiger partial charge in [-0.3, -0.25) is 9.59 Å². The average molecular weight is 886 g/mol. The molecule has 2 unspecified atom stereocenters. The molecular weight excluding hydrogens is 779 g/mol. The van der Waals surface area contributed by atoms with E-state index >= 15 is 0 Å². The second-order valence-corrected chi connectivity index (χ2v) is 18.9. The highest BCUT2D eigenvalue weighted by atomic mass is 16.5. The van der Waals surface area contributed by atoms with Gasteiger partial charge in [0.1, 0.15) is 0 Å². The molecule has 3 N–H and O–H groups in total. The van der Waals surface area contributed by atoms with Crippen LogP contribution in [0.1, 0.15) is 290 Å². The minimum Gasteiger partial charge on any atom is -0.466 e. The molecule has 0 aliphatic carbocycles. The van der Waals surface area contributed by atoms with E-state index in [1.807, 2.05) is 6.08 Å². The Bertz CT molecular complexity index is 1020. The number of rotatable bonds is 51. The standard InChI is InChI=1S/C57H107NO5/c1-3-5-7-9-11-13-15-17-23-26-29-33-37-41-45-49-55(60)54(53-59)58-56(61)50-46-42-38-34-30-27-24-21-19-18-20-22-25-28-32-36-40-44-48-52-63-57(62)51-47-43-39-35-31-16-14-12-10-8-6-4-2/h12,14,18-19,45,49,54-55,59-60H,3-11,13,15-17,20-44,46-48,50-53H2,1-2H3,(H,58,61)/b14-12-,19-18-,49-45+. The van der Waals surface area contributed by atoms with Crippen LogP contribution < -0.4 is 5.32 Å². The van der Waals surface area contributed by atoms with Crippen molar-refractivity contribution in [3.05, 3.63) is 36.5 Å². The third-order valence-corrected chi connectivity index (χ3v) is 12.6. The Morgan fingerprint density at radius 3 is 1.16 bits per heavy atom. The van der Waals surface area contributed by atoms with Crippen LogP contribution in [0.15, 0.2) is 36.5 Å². The maximum Gasteiger partial charge on any atom is 0.305 e. The number of carbonyl (C=O) groups excluding carboxylic acids is 2. The molecule has 0 aliphatic heterocycles. The number of amides is 1. The zero-order chi connectivity index (χ0) is 45.8. The average Bonchev–Trinajstić information content (AvgIpc) is 3.28. The fraction of sp³-hybridized carbons (Fsp3) is 0.860. The third-order valence-electron chi connectivity index (χ3n) is 12.6. The molecule has 0 bridgehead atoms. The lowest BCUT2D eigenvalue weighted by molar-refractivity contribution is -0.143. The molecule has 2 atom stereocenters. The van der Waals surface area contributed by atoms with Gasteiger partial charge in [-0.15, -0.1) is 0 Å². The molecule has 370 valence electrons. The molecule has 0 spiro atoms. The van der Waals surface area contributed by atoms with E-state index < -0.39 is 12.1 Å². The molecular formula is C57H107NO5. The first-order chi connectivity index (χ1) is 31.0. The van der Waals surface area contributed by atoms with Crippen LogP contribution in [0.3, 0.4) is 0 Å². The Kier molecular flexibility index (Phi) is 51.1. The molecule has 6 nitrogen and oxygen atoms in total. The summed E-state index contributed by atoms with van der Waals surface area (Å²) in [7, 11) is 0. The van der Waals surface area contributed by atoms with Crippen LogP contribution in [-0.4, -0.2) is 47.4 Å². The Balaban J connectivity index is 3.48. The third kappa shape index (κ3) is 49.4. The Hall–Kier alpha value is -1.92. The molecule has 0 heterocycles. The number of esters is 1. The number of unbranched alkanes of at least 4 members (excludes halogenated alkanes) is 36. The molecule has 6 heteroatoms. The molecule has 0 radical (unpaired) electrons. The first-order valence-electron chi connectivity index (χ1n) is 27.8. The van der Waals surface area contributed by atoms with E-state index in [0.717, 1.165) is 51.4 Å². The largest absolute Gasteiger partial charge is 0.466 e. The summed E-state index contributed by atoms with van der Waals surface area (Å²) < 4.78 is 5.45. The summed E-state index contributed by atoms with van der Waals surface area (Å²) in [5.74, 6) is -0.0850. The second-order valence-electron chi connectivity index (χ2n) is 18.9. The lowest BCUT2D eigenvalue weighted by Gasteiger charge is -2.20. The number of carbonyl (C=O) groups is 2. The van der Waals surface area contributed by atoms with Gasteiger partial charge in [0.05, 0.1) is 25.4 Å². The minimum absolute atomic E-state index is 0.00735. The number of hydrogen-bond donors (Lipinski definition) is 3. The Morgan fingerprint density at radius 2 is 0.746 bits per heavy atom. The summed E-state index contributed by atoms with van der Waals surface area (Å²) in [6.07, 6.45) is 64.4. The number of hydrogen-bond acceptors (Lipinski definition) is 5. The topological polar surface area (TPSA) is 95.9 Å². The molecule has 0 saturated carbocycles. The smallest absolute Gasteiger partial charge is 0.305 e. The van der Waals surface area contributed by atoms with Crippen molar-refractivity contribution >= 4 is 11.9 Å². The van der Waals surface area contributed by atoms with Gasteiger partial charge >= 0.3 is 5.97 Å². The lowest BCUT2D eigenvalue weighted by atomic mass is 10.0. The molecule has 0 aromatic heterocycles. The number of aliphatic hydroxyl groups excluding tert-OH is 2. The summed E-state index contributed by atoms with van der Waals surface area (Å²) in [5, 5.41) is 23.1. The molecule has 0 rings (SSSR count).